The third-order valence-electron chi connectivity index (χ3n) is 4.99. The summed E-state index contributed by atoms with van der Waals surface area (Å²) in [4.78, 5) is 17.8. The fourth-order valence-corrected chi connectivity index (χ4v) is 5.22. The van der Waals surface area contributed by atoms with Crippen molar-refractivity contribution in [3.63, 3.8) is 0 Å². The number of rotatable bonds is 6. The van der Waals surface area contributed by atoms with Crippen molar-refractivity contribution in [2.45, 2.75) is 23.1 Å². The first kappa shape index (κ1) is 20.6. The van der Waals surface area contributed by atoms with Crippen LogP contribution < -0.4 is 10.0 Å². The van der Waals surface area contributed by atoms with Crippen molar-refractivity contribution in [3.8, 4) is 0 Å². The van der Waals surface area contributed by atoms with E-state index in [9.17, 15) is 13.2 Å². The van der Waals surface area contributed by atoms with Crippen molar-refractivity contribution >= 4 is 33.4 Å². The number of thioether (sulfide) groups is 1. The zero-order valence-corrected chi connectivity index (χ0v) is 17.5. The molecule has 2 N–H and O–H groups in total. The number of carbonyl (C=O) groups is 1. The topological polar surface area (TPSA) is 81.8 Å². The van der Waals surface area contributed by atoms with Crippen LogP contribution in [0.1, 0.15) is 13.3 Å². The molecule has 1 atom stereocenters. The molecule has 0 spiro atoms. The van der Waals surface area contributed by atoms with Crippen molar-refractivity contribution in [3.05, 3.63) is 18.2 Å². The van der Waals surface area contributed by atoms with Crippen LogP contribution in [0, 0.1) is 5.92 Å². The number of piperazine rings is 1. The summed E-state index contributed by atoms with van der Waals surface area (Å²) in [6.07, 6.45) is 0.776. The first-order chi connectivity index (χ1) is 12.8. The Balaban J connectivity index is 1.55. The number of fused-ring (bicyclic) bond motifs is 1. The summed E-state index contributed by atoms with van der Waals surface area (Å²) < 4.78 is 27.9. The monoisotopic (exact) mass is 412 g/mol. The summed E-state index contributed by atoms with van der Waals surface area (Å²) in [6, 6.07) is 4.94. The van der Waals surface area contributed by atoms with Crippen LogP contribution in [0.25, 0.3) is 0 Å². The van der Waals surface area contributed by atoms with E-state index in [-0.39, 0.29) is 16.7 Å². The number of nitrogens with zero attached hydrogens (tertiary/aromatic N) is 2. The predicted molar refractivity (Wildman–Crippen MR) is 109 cm³/mol. The van der Waals surface area contributed by atoms with E-state index in [0.29, 0.717) is 18.0 Å². The highest BCUT2D eigenvalue weighted by Gasteiger charge is 2.23. The molecule has 150 valence electrons. The molecule has 1 fully saturated rings. The van der Waals surface area contributed by atoms with Crippen LogP contribution in [0.15, 0.2) is 28.0 Å². The number of likely N-dealkylation sites (N-methyl/N-ethyl adjacent to an activating group) is 1. The Morgan fingerprint density at radius 2 is 2.00 bits per heavy atom. The molecule has 9 heteroatoms. The highest BCUT2D eigenvalue weighted by atomic mass is 32.2. The van der Waals surface area contributed by atoms with E-state index in [1.165, 1.54) is 0 Å². The SMILES string of the molecule is C[C@@H]1CSc2ccc(S(=O)(=O)NCCCN3CCN(C)CC3)cc2NC1=O. The Labute approximate surface area is 165 Å². The molecule has 2 heterocycles. The zero-order chi connectivity index (χ0) is 19.4. The lowest BCUT2D eigenvalue weighted by atomic mass is 10.2. The molecule has 0 aliphatic carbocycles. The minimum absolute atomic E-state index is 0.0732. The van der Waals surface area contributed by atoms with Crippen molar-refractivity contribution in [2.24, 2.45) is 5.92 Å². The van der Waals surface area contributed by atoms with Crippen LogP contribution in [0.5, 0.6) is 0 Å². The van der Waals surface area contributed by atoms with Crippen molar-refractivity contribution in [1.82, 2.24) is 14.5 Å². The smallest absolute Gasteiger partial charge is 0.240 e. The normalized spacial score (nSPS) is 22.1. The number of benzene rings is 1. The minimum atomic E-state index is -3.59. The summed E-state index contributed by atoms with van der Waals surface area (Å²) >= 11 is 1.57. The average Bonchev–Trinajstić information content (AvgIpc) is 2.78. The van der Waals surface area contributed by atoms with Gasteiger partial charge in [-0.25, -0.2) is 13.1 Å². The van der Waals surface area contributed by atoms with Crippen LogP contribution in [-0.2, 0) is 14.8 Å². The molecule has 0 bridgehead atoms. The molecule has 0 unspecified atom stereocenters. The molecule has 2 aliphatic heterocycles. The fourth-order valence-electron chi connectivity index (χ4n) is 3.11. The molecule has 1 aromatic rings. The first-order valence-corrected chi connectivity index (χ1v) is 11.8. The lowest BCUT2D eigenvalue weighted by Gasteiger charge is -2.32. The Bertz CT molecular complexity index is 777. The molecule has 1 saturated heterocycles. The molecule has 0 radical (unpaired) electrons. The first-order valence-electron chi connectivity index (χ1n) is 9.33. The van der Waals surface area contributed by atoms with E-state index >= 15 is 0 Å². The van der Waals surface area contributed by atoms with Gasteiger partial charge in [-0.3, -0.25) is 4.79 Å². The second-order valence-electron chi connectivity index (χ2n) is 7.26. The predicted octanol–water partition coefficient (Wildman–Crippen LogP) is 1.28. The summed E-state index contributed by atoms with van der Waals surface area (Å²) in [6.45, 7) is 7.35. The van der Waals surface area contributed by atoms with Gasteiger partial charge in [0.1, 0.15) is 0 Å². The van der Waals surface area contributed by atoms with Crippen LogP contribution in [0.4, 0.5) is 5.69 Å². The molecule has 2 aliphatic rings. The van der Waals surface area contributed by atoms with Gasteiger partial charge in [-0.05, 0) is 38.2 Å². The number of nitrogens with one attached hydrogen (secondary N) is 2. The van der Waals surface area contributed by atoms with Gasteiger partial charge in [0.05, 0.1) is 10.6 Å². The van der Waals surface area contributed by atoms with E-state index in [1.54, 1.807) is 30.0 Å². The second-order valence-corrected chi connectivity index (χ2v) is 10.1. The molecule has 7 nitrogen and oxygen atoms in total. The quantitative estimate of drug-likeness (QED) is 0.685. The molecular weight excluding hydrogens is 384 g/mol. The molecule has 0 saturated carbocycles. The van der Waals surface area contributed by atoms with Gasteiger partial charge in [0.25, 0.3) is 0 Å². The molecular formula is C18H28N4O3S2. The maximum absolute atomic E-state index is 12.6. The average molecular weight is 413 g/mol. The Morgan fingerprint density at radius 1 is 1.26 bits per heavy atom. The molecule has 0 aromatic heterocycles. The molecule has 27 heavy (non-hydrogen) atoms. The lowest BCUT2D eigenvalue weighted by molar-refractivity contribution is -0.118. The Hall–Kier alpha value is -1.13. The highest BCUT2D eigenvalue weighted by molar-refractivity contribution is 7.99. The van der Waals surface area contributed by atoms with Gasteiger partial charge in [-0.2, -0.15) is 0 Å². The van der Waals surface area contributed by atoms with Crippen LogP contribution in [-0.4, -0.2) is 76.2 Å². The summed E-state index contributed by atoms with van der Waals surface area (Å²) in [5.74, 6) is 0.515. The van der Waals surface area contributed by atoms with Gasteiger partial charge < -0.3 is 15.1 Å². The summed E-state index contributed by atoms with van der Waals surface area (Å²) in [5, 5.41) is 2.84. The van der Waals surface area contributed by atoms with E-state index in [1.807, 2.05) is 6.92 Å². The third-order valence-corrected chi connectivity index (χ3v) is 7.79. The number of sulfonamides is 1. The van der Waals surface area contributed by atoms with Gasteiger partial charge in [0.2, 0.25) is 15.9 Å². The number of anilines is 1. The Kier molecular flexibility index (Phi) is 6.80. The zero-order valence-electron chi connectivity index (χ0n) is 15.9. The maximum Gasteiger partial charge on any atom is 0.240 e. The summed E-state index contributed by atoms with van der Waals surface area (Å²) in [7, 11) is -1.47. The van der Waals surface area contributed by atoms with Crippen LogP contribution in [0.3, 0.4) is 0 Å². The third kappa shape index (κ3) is 5.45. The Morgan fingerprint density at radius 3 is 2.74 bits per heavy atom. The highest BCUT2D eigenvalue weighted by Crippen LogP contribution is 2.34. The fraction of sp³-hybridized carbons (Fsp3) is 0.611. The standard InChI is InChI=1S/C18H28N4O3S2/c1-14-13-26-17-5-4-15(12-16(17)20-18(14)23)27(24,25)19-6-3-7-22-10-8-21(2)9-11-22/h4-5,12,14,19H,3,6-11,13H2,1-2H3,(H,20,23)/t14-/m1/s1. The van der Waals surface area contributed by atoms with E-state index in [2.05, 4.69) is 26.9 Å². The minimum Gasteiger partial charge on any atom is -0.325 e. The molecule has 3 rings (SSSR count). The number of hydrogen-bond donors (Lipinski definition) is 2. The van der Waals surface area contributed by atoms with Crippen LogP contribution >= 0.6 is 11.8 Å². The van der Waals surface area contributed by atoms with Gasteiger partial charge in [-0.15, -0.1) is 11.8 Å². The number of amides is 1. The van der Waals surface area contributed by atoms with Crippen molar-refractivity contribution < 1.29 is 13.2 Å². The van der Waals surface area contributed by atoms with E-state index in [4.69, 9.17) is 0 Å². The van der Waals surface area contributed by atoms with Gasteiger partial charge in [0.15, 0.2) is 0 Å². The molecule has 1 amide bonds. The van der Waals surface area contributed by atoms with Gasteiger partial charge in [0, 0.05) is 49.3 Å². The number of carbonyl (C=O) groups excluding carboxylic acids is 1. The molecule has 1 aromatic carbocycles. The van der Waals surface area contributed by atoms with Gasteiger partial charge >= 0.3 is 0 Å². The number of hydrogen-bond acceptors (Lipinski definition) is 6. The largest absolute Gasteiger partial charge is 0.325 e. The van der Waals surface area contributed by atoms with Gasteiger partial charge in [-0.1, -0.05) is 6.92 Å². The van der Waals surface area contributed by atoms with Crippen molar-refractivity contribution in [1.29, 1.82) is 0 Å². The van der Waals surface area contributed by atoms with Crippen LogP contribution in [0.2, 0.25) is 0 Å². The van der Waals surface area contributed by atoms with E-state index in [0.717, 1.165) is 44.0 Å². The second kappa shape index (κ2) is 8.91. The summed E-state index contributed by atoms with van der Waals surface area (Å²) in [5.41, 5.74) is 0.578. The van der Waals surface area contributed by atoms with E-state index < -0.39 is 10.0 Å². The lowest BCUT2D eigenvalue weighted by Crippen LogP contribution is -2.45. The maximum atomic E-state index is 12.6. The van der Waals surface area contributed by atoms with Crippen molar-refractivity contribution in [2.75, 3.05) is 57.4 Å².